The molecule has 5 heteroatoms. The van der Waals surface area contributed by atoms with E-state index in [2.05, 4.69) is 10.6 Å². The van der Waals surface area contributed by atoms with Gasteiger partial charge in [-0.2, -0.15) is 0 Å². The van der Waals surface area contributed by atoms with Crippen LogP contribution in [0.5, 0.6) is 0 Å². The second-order valence-electron chi connectivity index (χ2n) is 6.14. The number of thiophene rings is 1. The van der Waals surface area contributed by atoms with E-state index in [1.54, 1.807) is 24.3 Å². The molecule has 1 aliphatic rings. The lowest BCUT2D eigenvalue weighted by molar-refractivity contribution is -0.119. The van der Waals surface area contributed by atoms with Crippen LogP contribution in [-0.2, 0) is 15.0 Å². The Balaban J connectivity index is 1.81. The van der Waals surface area contributed by atoms with Crippen molar-refractivity contribution in [3.05, 3.63) is 51.7 Å². The summed E-state index contributed by atoms with van der Waals surface area (Å²) in [5.74, 6) is -0.168. The average Bonchev–Trinajstić information content (AvgIpc) is 3.08. The van der Waals surface area contributed by atoms with Crippen LogP contribution in [0.15, 0.2) is 41.3 Å². The van der Waals surface area contributed by atoms with Crippen molar-refractivity contribution in [3.8, 4) is 0 Å². The molecule has 0 fully saturated rings. The molecule has 3 rings (SSSR count). The molecule has 2 heterocycles. The van der Waals surface area contributed by atoms with Crippen LogP contribution in [0.25, 0.3) is 6.08 Å². The molecule has 0 unspecified atom stereocenters. The highest BCUT2D eigenvalue weighted by molar-refractivity contribution is 7.10. The number of nitrogens with one attached hydrogen (secondary N) is 2. The number of fused-ring (bicyclic) bond motifs is 1. The van der Waals surface area contributed by atoms with E-state index in [4.69, 9.17) is 0 Å². The predicted molar refractivity (Wildman–Crippen MR) is 94.7 cm³/mol. The van der Waals surface area contributed by atoms with Gasteiger partial charge < -0.3 is 10.6 Å². The van der Waals surface area contributed by atoms with E-state index < -0.39 is 5.41 Å². The summed E-state index contributed by atoms with van der Waals surface area (Å²) >= 11 is 1.59. The van der Waals surface area contributed by atoms with E-state index in [-0.39, 0.29) is 11.8 Å². The third-order valence-corrected chi connectivity index (χ3v) is 4.85. The van der Waals surface area contributed by atoms with Crippen molar-refractivity contribution in [3.63, 3.8) is 0 Å². The lowest BCUT2D eigenvalue weighted by Gasteiger charge is -2.16. The molecule has 0 atom stereocenters. The second kappa shape index (κ2) is 5.66. The lowest BCUT2D eigenvalue weighted by Crippen LogP contribution is -2.26. The van der Waals surface area contributed by atoms with Crippen LogP contribution in [0.4, 0.5) is 11.4 Å². The zero-order valence-electron chi connectivity index (χ0n) is 13.3. The van der Waals surface area contributed by atoms with Gasteiger partial charge in [0.2, 0.25) is 5.91 Å². The molecule has 23 heavy (non-hydrogen) atoms. The monoisotopic (exact) mass is 326 g/mol. The largest absolute Gasteiger partial charge is 0.325 e. The standard InChI is InChI=1S/C18H18N2O2S/c1-11(9-13-5-4-8-23-13)16(21)19-12-6-7-15-14(10-12)18(2,3)17(22)20-15/h4-10H,1-3H3,(H,19,21)(H,20,22)/b11-9+. The summed E-state index contributed by atoms with van der Waals surface area (Å²) in [7, 11) is 0. The van der Waals surface area contributed by atoms with Crippen LogP contribution >= 0.6 is 11.3 Å². The molecule has 0 saturated heterocycles. The normalized spacial score (nSPS) is 16.0. The fourth-order valence-corrected chi connectivity index (χ4v) is 3.25. The van der Waals surface area contributed by atoms with E-state index in [0.29, 0.717) is 11.3 Å². The Morgan fingerprint density at radius 2 is 2.09 bits per heavy atom. The zero-order valence-corrected chi connectivity index (χ0v) is 14.1. The number of anilines is 2. The number of rotatable bonds is 3. The average molecular weight is 326 g/mol. The summed E-state index contributed by atoms with van der Waals surface area (Å²) in [6, 6.07) is 9.42. The Morgan fingerprint density at radius 3 is 2.78 bits per heavy atom. The van der Waals surface area contributed by atoms with Crippen LogP contribution in [-0.4, -0.2) is 11.8 Å². The third kappa shape index (κ3) is 2.92. The molecule has 0 spiro atoms. The molecule has 1 aromatic heterocycles. The summed E-state index contributed by atoms with van der Waals surface area (Å²) in [4.78, 5) is 25.3. The maximum absolute atomic E-state index is 12.3. The van der Waals surface area contributed by atoms with Gasteiger partial charge >= 0.3 is 0 Å². The van der Waals surface area contributed by atoms with E-state index in [0.717, 1.165) is 16.1 Å². The topological polar surface area (TPSA) is 58.2 Å². The second-order valence-corrected chi connectivity index (χ2v) is 7.12. The van der Waals surface area contributed by atoms with Crippen molar-refractivity contribution in [1.29, 1.82) is 0 Å². The Labute approximate surface area is 139 Å². The highest BCUT2D eigenvalue weighted by atomic mass is 32.1. The number of hydrogen-bond acceptors (Lipinski definition) is 3. The molecular formula is C18H18N2O2S. The molecular weight excluding hydrogens is 308 g/mol. The maximum Gasteiger partial charge on any atom is 0.251 e. The van der Waals surface area contributed by atoms with Gasteiger partial charge in [-0.15, -0.1) is 11.3 Å². The first-order chi connectivity index (χ1) is 10.9. The van der Waals surface area contributed by atoms with E-state index in [1.165, 1.54) is 0 Å². The molecule has 0 radical (unpaired) electrons. The van der Waals surface area contributed by atoms with Crippen molar-refractivity contribution in [2.75, 3.05) is 10.6 Å². The van der Waals surface area contributed by atoms with Crippen molar-refractivity contribution in [2.45, 2.75) is 26.2 Å². The van der Waals surface area contributed by atoms with Gasteiger partial charge in [-0.1, -0.05) is 6.07 Å². The van der Waals surface area contributed by atoms with Crippen molar-refractivity contribution in [1.82, 2.24) is 0 Å². The van der Waals surface area contributed by atoms with Crippen LogP contribution in [0, 0.1) is 0 Å². The van der Waals surface area contributed by atoms with Crippen molar-refractivity contribution >= 4 is 40.6 Å². The van der Waals surface area contributed by atoms with Crippen molar-refractivity contribution < 1.29 is 9.59 Å². The van der Waals surface area contributed by atoms with Gasteiger partial charge in [0.15, 0.2) is 0 Å². The highest BCUT2D eigenvalue weighted by Gasteiger charge is 2.38. The molecule has 2 amide bonds. The molecule has 4 nitrogen and oxygen atoms in total. The molecule has 0 aliphatic carbocycles. The summed E-state index contributed by atoms with van der Waals surface area (Å²) < 4.78 is 0. The van der Waals surface area contributed by atoms with Crippen LogP contribution in [0.3, 0.4) is 0 Å². The van der Waals surface area contributed by atoms with Gasteiger partial charge in [-0.3, -0.25) is 9.59 Å². The van der Waals surface area contributed by atoms with Gasteiger partial charge in [0.25, 0.3) is 5.91 Å². The first kappa shape index (κ1) is 15.5. The molecule has 2 aromatic rings. The van der Waals surface area contributed by atoms with Gasteiger partial charge in [0.05, 0.1) is 5.41 Å². The number of carbonyl (C=O) groups is 2. The number of carbonyl (C=O) groups excluding carboxylic acids is 2. The summed E-state index contributed by atoms with van der Waals surface area (Å²) in [6.07, 6.45) is 1.86. The summed E-state index contributed by atoms with van der Waals surface area (Å²) in [5, 5.41) is 7.73. The van der Waals surface area contributed by atoms with Crippen LogP contribution < -0.4 is 10.6 Å². The van der Waals surface area contributed by atoms with Gasteiger partial charge in [0.1, 0.15) is 0 Å². The molecule has 1 aromatic carbocycles. The van der Waals surface area contributed by atoms with E-state index >= 15 is 0 Å². The number of amides is 2. The maximum atomic E-state index is 12.3. The predicted octanol–water partition coefficient (Wildman–Crippen LogP) is 4.02. The van der Waals surface area contributed by atoms with E-state index in [9.17, 15) is 9.59 Å². The van der Waals surface area contributed by atoms with Gasteiger partial charge in [-0.05, 0) is 62.1 Å². The molecule has 2 N–H and O–H groups in total. The minimum absolute atomic E-state index is 0.0234. The fraction of sp³-hybridized carbons (Fsp3) is 0.222. The first-order valence-corrected chi connectivity index (χ1v) is 8.25. The minimum atomic E-state index is -0.585. The fourth-order valence-electron chi connectivity index (χ4n) is 2.53. The summed E-state index contributed by atoms with van der Waals surface area (Å²) in [5.41, 5.74) is 2.46. The number of benzene rings is 1. The molecule has 1 aliphatic heterocycles. The molecule has 118 valence electrons. The SMILES string of the molecule is C/C(=C\c1cccs1)C(=O)Nc1ccc2c(c1)C(C)(C)C(=O)N2. The van der Waals surface area contributed by atoms with Crippen LogP contribution in [0.2, 0.25) is 0 Å². The molecule has 0 saturated carbocycles. The van der Waals surface area contributed by atoms with Crippen LogP contribution in [0.1, 0.15) is 31.2 Å². The zero-order chi connectivity index (χ0) is 16.6. The smallest absolute Gasteiger partial charge is 0.251 e. The third-order valence-electron chi connectivity index (χ3n) is 4.03. The van der Waals surface area contributed by atoms with Crippen molar-refractivity contribution in [2.24, 2.45) is 0 Å². The lowest BCUT2D eigenvalue weighted by atomic mass is 9.86. The van der Waals surface area contributed by atoms with E-state index in [1.807, 2.05) is 49.6 Å². The van der Waals surface area contributed by atoms with Gasteiger partial charge in [-0.25, -0.2) is 0 Å². The Hall–Kier alpha value is -2.40. The van der Waals surface area contributed by atoms with Gasteiger partial charge in [0, 0.05) is 21.8 Å². The first-order valence-electron chi connectivity index (χ1n) is 7.37. The number of hydrogen-bond donors (Lipinski definition) is 2. The minimum Gasteiger partial charge on any atom is -0.325 e. The Morgan fingerprint density at radius 1 is 1.30 bits per heavy atom. The summed E-state index contributed by atoms with van der Waals surface area (Å²) in [6.45, 7) is 5.54. The quantitative estimate of drug-likeness (QED) is 0.837. The highest BCUT2D eigenvalue weighted by Crippen LogP contribution is 2.38. The molecule has 0 bridgehead atoms. The Kier molecular flexibility index (Phi) is 3.82. The Bertz CT molecular complexity index is 804.